The lowest BCUT2D eigenvalue weighted by Gasteiger charge is -2.14. The minimum atomic E-state index is -0.364. The van der Waals surface area contributed by atoms with Crippen LogP contribution in [0.3, 0.4) is 0 Å². The van der Waals surface area contributed by atoms with Crippen LogP contribution in [0.5, 0.6) is 23.0 Å². The standard InChI is InChI=1S/C18H20ClNO5/c1-5-25-16-9-11(8-13(19)17(16)24-4)18(21)20-14-10-12(22-2)6-7-15(14)23-3/h6-10H,5H2,1-4H3,(H,20,21). The summed E-state index contributed by atoms with van der Waals surface area (Å²) in [4.78, 5) is 12.6. The van der Waals surface area contributed by atoms with E-state index in [0.717, 1.165) is 0 Å². The Kier molecular flexibility index (Phi) is 6.36. The quantitative estimate of drug-likeness (QED) is 0.802. The van der Waals surface area contributed by atoms with Crippen LogP contribution in [0.2, 0.25) is 5.02 Å². The van der Waals surface area contributed by atoms with Gasteiger partial charge in [-0.15, -0.1) is 0 Å². The zero-order valence-electron chi connectivity index (χ0n) is 14.5. The van der Waals surface area contributed by atoms with Gasteiger partial charge >= 0.3 is 0 Å². The molecule has 0 spiro atoms. The average Bonchev–Trinajstić information content (AvgIpc) is 2.61. The van der Waals surface area contributed by atoms with Gasteiger partial charge in [0.15, 0.2) is 11.5 Å². The van der Waals surface area contributed by atoms with Crippen molar-refractivity contribution in [1.82, 2.24) is 0 Å². The second-order valence-corrected chi connectivity index (χ2v) is 5.35. The third-order valence-electron chi connectivity index (χ3n) is 3.43. The van der Waals surface area contributed by atoms with Crippen LogP contribution in [0.1, 0.15) is 17.3 Å². The number of hydrogen-bond acceptors (Lipinski definition) is 5. The topological polar surface area (TPSA) is 66.0 Å². The van der Waals surface area contributed by atoms with E-state index in [9.17, 15) is 4.79 Å². The van der Waals surface area contributed by atoms with E-state index >= 15 is 0 Å². The maximum atomic E-state index is 12.6. The summed E-state index contributed by atoms with van der Waals surface area (Å²) in [6.45, 7) is 2.25. The summed E-state index contributed by atoms with van der Waals surface area (Å²) in [6.07, 6.45) is 0. The maximum Gasteiger partial charge on any atom is 0.255 e. The summed E-state index contributed by atoms with van der Waals surface area (Å²) in [6, 6.07) is 8.22. The van der Waals surface area contributed by atoms with Gasteiger partial charge in [0.2, 0.25) is 0 Å². The minimum absolute atomic E-state index is 0.288. The summed E-state index contributed by atoms with van der Waals surface area (Å²) in [5, 5.41) is 3.08. The molecule has 0 saturated carbocycles. The molecule has 0 atom stereocenters. The SMILES string of the molecule is CCOc1cc(C(=O)Nc2cc(OC)ccc2OC)cc(Cl)c1OC. The average molecular weight is 366 g/mol. The first-order valence-corrected chi connectivity index (χ1v) is 7.95. The summed E-state index contributed by atoms with van der Waals surface area (Å²) < 4.78 is 21.2. The smallest absolute Gasteiger partial charge is 0.255 e. The fourth-order valence-corrected chi connectivity index (χ4v) is 2.55. The maximum absolute atomic E-state index is 12.6. The summed E-state index contributed by atoms with van der Waals surface area (Å²) >= 11 is 6.19. The third-order valence-corrected chi connectivity index (χ3v) is 3.71. The number of benzene rings is 2. The van der Waals surface area contributed by atoms with E-state index in [4.69, 9.17) is 30.5 Å². The molecule has 1 N–H and O–H groups in total. The first-order valence-electron chi connectivity index (χ1n) is 7.57. The molecule has 134 valence electrons. The molecule has 0 heterocycles. The highest BCUT2D eigenvalue weighted by atomic mass is 35.5. The highest BCUT2D eigenvalue weighted by molar-refractivity contribution is 6.32. The van der Waals surface area contributed by atoms with E-state index in [0.29, 0.717) is 40.9 Å². The fraction of sp³-hybridized carbons (Fsp3) is 0.278. The van der Waals surface area contributed by atoms with Gasteiger partial charge in [0.25, 0.3) is 5.91 Å². The van der Waals surface area contributed by atoms with E-state index in [1.807, 2.05) is 6.92 Å². The number of methoxy groups -OCH3 is 3. The molecule has 0 aliphatic carbocycles. The molecule has 25 heavy (non-hydrogen) atoms. The lowest BCUT2D eigenvalue weighted by atomic mass is 10.1. The molecule has 0 fully saturated rings. The molecule has 0 saturated heterocycles. The Morgan fingerprint density at radius 3 is 2.40 bits per heavy atom. The van der Waals surface area contributed by atoms with Crippen molar-refractivity contribution in [3.63, 3.8) is 0 Å². The molecule has 0 unspecified atom stereocenters. The second kappa shape index (κ2) is 8.48. The Morgan fingerprint density at radius 2 is 1.80 bits per heavy atom. The van der Waals surface area contributed by atoms with E-state index in [1.54, 1.807) is 31.4 Å². The molecular weight excluding hydrogens is 346 g/mol. The second-order valence-electron chi connectivity index (χ2n) is 4.94. The molecule has 1 amide bonds. The number of anilines is 1. The van der Waals surface area contributed by atoms with Crippen LogP contribution in [0.15, 0.2) is 30.3 Å². The van der Waals surface area contributed by atoms with Gasteiger partial charge in [0, 0.05) is 11.6 Å². The van der Waals surface area contributed by atoms with Gasteiger partial charge in [-0.3, -0.25) is 4.79 Å². The van der Waals surface area contributed by atoms with Crippen molar-refractivity contribution in [2.75, 3.05) is 33.3 Å². The number of halogens is 1. The molecule has 2 rings (SSSR count). The molecule has 0 aliphatic rings. The van der Waals surface area contributed by atoms with Gasteiger partial charge in [-0.05, 0) is 31.2 Å². The first-order chi connectivity index (χ1) is 12.0. The third kappa shape index (κ3) is 4.28. The predicted molar refractivity (Wildman–Crippen MR) is 96.7 cm³/mol. The van der Waals surface area contributed by atoms with Gasteiger partial charge in [-0.1, -0.05) is 11.6 Å². The van der Waals surface area contributed by atoms with Gasteiger partial charge in [-0.2, -0.15) is 0 Å². The number of carbonyl (C=O) groups excluding carboxylic acids is 1. The minimum Gasteiger partial charge on any atom is -0.497 e. The molecule has 0 aliphatic heterocycles. The van der Waals surface area contributed by atoms with E-state index in [-0.39, 0.29) is 10.9 Å². The van der Waals surface area contributed by atoms with Crippen LogP contribution in [-0.4, -0.2) is 33.8 Å². The molecular formula is C18H20ClNO5. The summed E-state index contributed by atoms with van der Waals surface area (Å²) in [5.74, 6) is 1.54. The highest BCUT2D eigenvalue weighted by Gasteiger charge is 2.17. The van der Waals surface area contributed by atoms with Crippen molar-refractivity contribution < 1.29 is 23.7 Å². The largest absolute Gasteiger partial charge is 0.497 e. The Hall–Kier alpha value is -2.60. The Labute approximate surface area is 151 Å². The molecule has 2 aromatic rings. The predicted octanol–water partition coefficient (Wildman–Crippen LogP) is 4.02. The molecule has 7 heteroatoms. The normalized spacial score (nSPS) is 10.1. The van der Waals surface area contributed by atoms with E-state index < -0.39 is 0 Å². The van der Waals surface area contributed by atoms with Crippen LogP contribution in [0.25, 0.3) is 0 Å². The molecule has 0 bridgehead atoms. The van der Waals surface area contributed by atoms with Crippen molar-refractivity contribution >= 4 is 23.2 Å². The molecule has 0 radical (unpaired) electrons. The number of hydrogen-bond donors (Lipinski definition) is 1. The Bertz CT molecular complexity index is 763. The summed E-state index contributed by atoms with van der Waals surface area (Å²) in [5.41, 5.74) is 0.816. The number of carbonyl (C=O) groups is 1. The lowest BCUT2D eigenvalue weighted by Crippen LogP contribution is -2.13. The molecule has 6 nitrogen and oxygen atoms in total. The van der Waals surface area contributed by atoms with E-state index in [1.165, 1.54) is 20.3 Å². The van der Waals surface area contributed by atoms with Crippen molar-refractivity contribution in [2.24, 2.45) is 0 Å². The van der Waals surface area contributed by atoms with Crippen LogP contribution in [0.4, 0.5) is 5.69 Å². The van der Waals surface area contributed by atoms with Crippen molar-refractivity contribution in [3.8, 4) is 23.0 Å². The van der Waals surface area contributed by atoms with Crippen LogP contribution in [-0.2, 0) is 0 Å². The number of amides is 1. The summed E-state index contributed by atoms with van der Waals surface area (Å²) in [7, 11) is 4.56. The number of rotatable bonds is 7. The van der Waals surface area contributed by atoms with Gasteiger partial charge in [-0.25, -0.2) is 0 Å². The number of nitrogens with one attached hydrogen (secondary N) is 1. The zero-order valence-corrected chi connectivity index (χ0v) is 15.3. The Balaban J connectivity index is 2.35. The van der Waals surface area contributed by atoms with Gasteiger partial charge < -0.3 is 24.3 Å². The number of ether oxygens (including phenoxy) is 4. The van der Waals surface area contributed by atoms with Crippen LogP contribution < -0.4 is 24.3 Å². The van der Waals surface area contributed by atoms with Crippen molar-refractivity contribution in [2.45, 2.75) is 6.92 Å². The van der Waals surface area contributed by atoms with Crippen LogP contribution in [0, 0.1) is 0 Å². The fourth-order valence-electron chi connectivity index (χ4n) is 2.27. The molecule has 0 aromatic heterocycles. The van der Waals surface area contributed by atoms with Crippen molar-refractivity contribution in [3.05, 3.63) is 40.9 Å². The highest BCUT2D eigenvalue weighted by Crippen LogP contribution is 2.37. The lowest BCUT2D eigenvalue weighted by molar-refractivity contribution is 0.102. The first kappa shape index (κ1) is 18.7. The molecule has 2 aromatic carbocycles. The monoisotopic (exact) mass is 365 g/mol. The zero-order chi connectivity index (χ0) is 18.4. The van der Waals surface area contributed by atoms with Gasteiger partial charge in [0.05, 0.1) is 38.6 Å². The van der Waals surface area contributed by atoms with Gasteiger partial charge in [0.1, 0.15) is 11.5 Å². The van der Waals surface area contributed by atoms with Crippen molar-refractivity contribution in [1.29, 1.82) is 0 Å². The Morgan fingerprint density at radius 1 is 1.04 bits per heavy atom. The van der Waals surface area contributed by atoms with E-state index in [2.05, 4.69) is 5.32 Å². The van der Waals surface area contributed by atoms with Crippen LogP contribution >= 0.6 is 11.6 Å².